The molecule has 16 nitrogen and oxygen atoms in total. The Labute approximate surface area is 288 Å². The van der Waals surface area contributed by atoms with E-state index in [0.29, 0.717) is 23.1 Å². The molecule has 1 aliphatic carbocycles. The predicted molar refractivity (Wildman–Crippen MR) is 178 cm³/mol. The molecule has 50 heavy (non-hydrogen) atoms. The monoisotopic (exact) mass is 691 g/mol. The van der Waals surface area contributed by atoms with Gasteiger partial charge in [0.05, 0.1) is 29.0 Å². The minimum absolute atomic E-state index is 0.00487. The van der Waals surface area contributed by atoms with E-state index in [-0.39, 0.29) is 50.8 Å². The number of nitrogens with two attached hydrogens (primary N) is 1. The molecule has 1 saturated carbocycles. The summed E-state index contributed by atoms with van der Waals surface area (Å²) >= 11 is 0. The number of ether oxygens (including phenoxy) is 1. The van der Waals surface area contributed by atoms with E-state index in [1.54, 1.807) is 26.0 Å². The number of aromatic nitrogens is 5. The Balaban J connectivity index is 1.33. The standard InChI is InChI=1S/C34H45N9O7/c1-33(2,49)26-18-36-41-43(26)21-17-25(30(46)40-34(27(44)28(35)45)12-14-50-15-13-34)42(19-21)32(48)24(16-20-8-4-3-5-9-20)39-31(47)29-37-22-10-6-7-11-23(22)38-29/h6-7,10-11,18,20-21,24-25,49H,3-5,8-9,12-17,19H2,1-2H3,(H2,35,45)(H,37,38)(H,39,47)(H,40,46)/t21-,24+,25-/m0/s1. The number of aromatic amines is 1. The maximum Gasteiger partial charge on any atom is 0.287 e. The van der Waals surface area contributed by atoms with Crippen LogP contribution in [0.3, 0.4) is 0 Å². The maximum absolute atomic E-state index is 14.7. The highest BCUT2D eigenvalue weighted by atomic mass is 16.5. The van der Waals surface area contributed by atoms with Crippen molar-refractivity contribution in [1.29, 1.82) is 0 Å². The second-order valence-corrected chi connectivity index (χ2v) is 14.3. The van der Waals surface area contributed by atoms with Gasteiger partial charge in [-0.3, -0.25) is 24.0 Å². The first-order valence-electron chi connectivity index (χ1n) is 17.3. The molecule has 3 aromatic rings. The number of aliphatic hydroxyl groups is 1. The topological polar surface area (TPSA) is 228 Å². The van der Waals surface area contributed by atoms with Gasteiger partial charge >= 0.3 is 0 Å². The van der Waals surface area contributed by atoms with Crippen LogP contribution in [0.2, 0.25) is 0 Å². The zero-order valence-corrected chi connectivity index (χ0v) is 28.4. The summed E-state index contributed by atoms with van der Waals surface area (Å²) in [5, 5.41) is 24.8. The molecule has 0 unspecified atom stereocenters. The Morgan fingerprint density at radius 1 is 1.12 bits per heavy atom. The van der Waals surface area contributed by atoms with Crippen LogP contribution in [-0.2, 0) is 29.5 Å². The highest BCUT2D eigenvalue weighted by molar-refractivity contribution is 6.39. The Kier molecular flexibility index (Phi) is 10.0. The Hall–Kier alpha value is -4.70. The maximum atomic E-state index is 14.7. The molecule has 268 valence electrons. The molecule has 2 aliphatic heterocycles. The summed E-state index contributed by atoms with van der Waals surface area (Å²) in [5.41, 5.74) is 4.16. The minimum Gasteiger partial charge on any atom is -0.384 e. The molecule has 3 fully saturated rings. The molecule has 4 amide bonds. The van der Waals surface area contributed by atoms with E-state index >= 15 is 0 Å². The van der Waals surface area contributed by atoms with E-state index in [9.17, 15) is 29.1 Å². The van der Waals surface area contributed by atoms with E-state index in [0.717, 1.165) is 32.1 Å². The smallest absolute Gasteiger partial charge is 0.287 e. The number of carbonyl (C=O) groups excluding carboxylic acids is 5. The van der Waals surface area contributed by atoms with Crippen molar-refractivity contribution in [2.45, 2.75) is 101 Å². The Morgan fingerprint density at radius 2 is 1.84 bits per heavy atom. The number of primary amides is 1. The Morgan fingerprint density at radius 3 is 2.52 bits per heavy atom. The summed E-state index contributed by atoms with van der Waals surface area (Å²) in [6, 6.07) is 4.52. The highest BCUT2D eigenvalue weighted by Crippen LogP contribution is 2.34. The summed E-state index contributed by atoms with van der Waals surface area (Å²) < 4.78 is 6.93. The quantitative estimate of drug-likeness (QED) is 0.179. The molecule has 2 saturated heterocycles. The number of H-pyrrole nitrogens is 1. The van der Waals surface area contributed by atoms with E-state index < -0.39 is 58.7 Å². The van der Waals surface area contributed by atoms with E-state index in [4.69, 9.17) is 10.5 Å². The third kappa shape index (κ3) is 7.26. The fourth-order valence-electron chi connectivity index (χ4n) is 7.58. The molecule has 6 N–H and O–H groups in total. The molecule has 0 radical (unpaired) electrons. The largest absolute Gasteiger partial charge is 0.384 e. The summed E-state index contributed by atoms with van der Waals surface area (Å²) in [6.45, 7) is 3.43. The number of nitrogens with zero attached hydrogens (tertiary/aromatic N) is 5. The zero-order valence-electron chi connectivity index (χ0n) is 28.4. The summed E-state index contributed by atoms with van der Waals surface area (Å²) in [4.78, 5) is 76.7. The fraction of sp³-hybridized carbons (Fsp3) is 0.588. The lowest BCUT2D eigenvalue weighted by atomic mass is 9.84. The summed E-state index contributed by atoms with van der Waals surface area (Å²) in [7, 11) is 0. The van der Waals surface area contributed by atoms with Crippen molar-refractivity contribution < 1.29 is 33.8 Å². The number of carbonyl (C=O) groups is 5. The zero-order chi connectivity index (χ0) is 35.6. The molecule has 3 atom stereocenters. The number of nitrogens with one attached hydrogen (secondary N) is 3. The lowest BCUT2D eigenvalue weighted by molar-refractivity contribution is -0.147. The average Bonchev–Trinajstić information content (AvgIpc) is 3.86. The number of likely N-dealkylation sites (tertiary alicyclic amines) is 1. The fourth-order valence-corrected chi connectivity index (χ4v) is 7.58. The van der Waals surface area contributed by atoms with Gasteiger partial charge in [-0.05, 0) is 38.3 Å². The van der Waals surface area contributed by atoms with Gasteiger partial charge < -0.3 is 36.1 Å². The van der Waals surface area contributed by atoms with Crippen LogP contribution >= 0.6 is 0 Å². The van der Waals surface area contributed by atoms with Gasteiger partial charge in [-0.25, -0.2) is 9.67 Å². The van der Waals surface area contributed by atoms with Crippen molar-refractivity contribution in [1.82, 2.24) is 40.5 Å². The van der Waals surface area contributed by atoms with Crippen LogP contribution in [0.4, 0.5) is 0 Å². The van der Waals surface area contributed by atoms with Gasteiger partial charge in [0.2, 0.25) is 17.6 Å². The highest BCUT2D eigenvalue weighted by Gasteiger charge is 2.49. The number of fused-ring (bicyclic) bond motifs is 1. The van der Waals surface area contributed by atoms with Crippen LogP contribution in [0.25, 0.3) is 11.0 Å². The molecule has 2 aromatic heterocycles. The molecular formula is C34H45N9O7. The normalized spacial score (nSPS) is 21.9. The second-order valence-electron chi connectivity index (χ2n) is 14.3. The second kappa shape index (κ2) is 14.3. The van der Waals surface area contributed by atoms with Gasteiger partial charge in [0.15, 0.2) is 5.82 Å². The molecule has 1 aromatic carbocycles. The minimum atomic E-state index is -1.59. The van der Waals surface area contributed by atoms with Gasteiger partial charge in [-0.15, -0.1) is 5.10 Å². The first-order chi connectivity index (χ1) is 23.9. The van der Waals surface area contributed by atoms with Crippen LogP contribution < -0.4 is 16.4 Å². The van der Waals surface area contributed by atoms with Crippen molar-refractivity contribution in [3.8, 4) is 0 Å². The third-order valence-electron chi connectivity index (χ3n) is 10.3. The number of rotatable bonds is 11. The van der Waals surface area contributed by atoms with Gasteiger partial charge in [-0.1, -0.05) is 49.5 Å². The molecule has 0 bridgehead atoms. The molecule has 0 spiro atoms. The predicted octanol–water partition coefficient (Wildman–Crippen LogP) is 1.01. The average molecular weight is 692 g/mol. The molecular weight excluding hydrogens is 646 g/mol. The van der Waals surface area contributed by atoms with Crippen LogP contribution in [0.1, 0.15) is 94.0 Å². The number of Topliss-reactive ketones (excluding diaryl/α,β-unsaturated/α-hetero) is 1. The van der Waals surface area contributed by atoms with Crippen molar-refractivity contribution in [2.24, 2.45) is 11.7 Å². The van der Waals surface area contributed by atoms with Crippen molar-refractivity contribution >= 4 is 40.4 Å². The van der Waals surface area contributed by atoms with E-state index in [1.807, 2.05) is 12.1 Å². The van der Waals surface area contributed by atoms with Crippen LogP contribution in [-0.4, -0.2) is 102 Å². The molecule has 16 heteroatoms. The lowest BCUT2D eigenvalue weighted by Gasteiger charge is -2.37. The van der Waals surface area contributed by atoms with Gasteiger partial charge in [0, 0.05) is 39.0 Å². The number of benzene rings is 1. The number of amides is 4. The number of hydrogen-bond donors (Lipinski definition) is 5. The summed E-state index contributed by atoms with van der Waals surface area (Å²) in [5.74, 6) is -3.56. The van der Waals surface area contributed by atoms with Crippen molar-refractivity contribution in [2.75, 3.05) is 19.8 Å². The molecule has 6 rings (SSSR count). The first kappa shape index (κ1) is 35.1. The summed E-state index contributed by atoms with van der Waals surface area (Å²) in [6.07, 6.45) is 6.89. The first-order valence-corrected chi connectivity index (χ1v) is 17.3. The van der Waals surface area contributed by atoms with Crippen LogP contribution in [0.15, 0.2) is 30.5 Å². The molecule has 3 aliphatic rings. The number of hydrogen-bond acceptors (Lipinski definition) is 10. The van der Waals surface area contributed by atoms with E-state index in [2.05, 4.69) is 30.9 Å². The number of ketones is 1. The van der Waals surface area contributed by atoms with Gasteiger partial charge in [0.25, 0.3) is 11.8 Å². The lowest BCUT2D eigenvalue weighted by Crippen LogP contribution is -2.64. The van der Waals surface area contributed by atoms with Crippen molar-refractivity contribution in [3.63, 3.8) is 0 Å². The van der Waals surface area contributed by atoms with Gasteiger partial charge in [-0.2, -0.15) is 0 Å². The van der Waals surface area contributed by atoms with Gasteiger partial charge in [0.1, 0.15) is 23.2 Å². The molecule has 4 heterocycles. The third-order valence-corrected chi connectivity index (χ3v) is 10.3. The SMILES string of the molecule is CC(C)(O)c1cnnn1[C@H]1C[C@@H](C(=O)NC2(C(=O)C(N)=O)CCOCC2)N(C(=O)[C@@H](CC2CCCCC2)NC(=O)c2nc3ccccc3[nH]2)C1. The van der Waals surface area contributed by atoms with Crippen LogP contribution in [0.5, 0.6) is 0 Å². The van der Waals surface area contributed by atoms with Crippen molar-refractivity contribution in [3.05, 3.63) is 42.0 Å². The van der Waals surface area contributed by atoms with E-state index in [1.165, 1.54) is 15.8 Å². The number of para-hydroxylation sites is 2. The Bertz CT molecular complexity index is 1720. The van der Waals surface area contributed by atoms with Crippen LogP contribution in [0, 0.1) is 5.92 Å². The number of imidazole rings is 1.